The van der Waals surface area contributed by atoms with Crippen molar-refractivity contribution in [3.05, 3.63) is 12.3 Å². The van der Waals surface area contributed by atoms with E-state index in [0.717, 1.165) is 32.2 Å². The first-order valence-corrected chi connectivity index (χ1v) is 4.24. The molecule has 0 N–H and O–H groups in total. The molecule has 11 heavy (non-hydrogen) atoms. The predicted molar refractivity (Wildman–Crippen MR) is 44.3 cm³/mol. The summed E-state index contributed by atoms with van der Waals surface area (Å²) in [6, 6.07) is 0. The van der Waals surface area contributed by atoms with Crippen molar-refractivity contribution in [3.8, 4) is 0 Å². The summed E-state index contributed by atoms with van der Waals surface area (Å²) in [5.74, 6) is 0.736. The Morgan fingerprint density at radius 3 is 3.18 bits per heavy atom. The molecule has 2 nitrogen and oxygen atoms in total. The maximum atomic E-state index is 5.24. The summed E-state index contributed by atoms with van der Waals surface area (Å²) in [7, 11) is 0. The Morgan fingerprint density at radius 2 is 2.55 bits per heavy atom. The van der Waals surface area contributed by atoms with E-state index < -0.39 is 0 Å². The minimum atomic E-state index is 0.736. The molecule has 0 aliphatic carbocycles. The highest BCUT2D eigenvalue weighted by Gasteiger charge is 2.14. The molecule has 0 bridgehead atoms. The third kappa shape index (κ3) is 3.42. The standard InChI is InChI=1S/C9H16O2/c1-2-5-10-6-3-9-4-7-11-8-9/h2,5,9H,3-4,6-8H2,1H3/b5-2+. The van der Waals surface area contributed by atoms with Crippen LogP contribution in [0.2, 0.25) is 0 Å². The number of rotatable bonds is 4. The molecule has 0 spiro atoms. The van der Waals surface area contributed by atoms with Gasteiger partial charge in [0.1, 0.15) is 0 Å². The van der Waals surface area contributed by atoms with Crippen molar-refractivity contribution in [2.45, 2.75) is 19.8 Å². The van der Waals surface area contributed by atoms with E-state index in [9.17, 15) is 0 Å². The fraction of sp³-hybridized carbons (Fsp3) is 0.778. The normalized spacial score (nSPS) is 24.6. The van der Waals surface area contributed by atoms with Crippen molar-refractivity contribution in [2.75, 3.05) is 19.8 Å². The first-order valence-electron chi connectivity index (χ1n) is 4.24. The molecule has 1 aliphatic rings. The van der Waals surface area contributed by atoms with Crippen LogP contribution in [0.4, 0.5) is 0 Å². The Kier molecular flexibility index (Phi) is 4.06. The highest BCUT2D eigenvalue weighted by Crippen LogP contribution is 2.15. The molecule has 1 saturated heterocycles. The molecule has 64 valence electrons. The van der Waals surface area contributed by atoms with Crippen LogP contribution in [-0.4, -0.2) is 19.8 Å². The number of hydrogen-bond acceptors (Lipinski definition) is 2. The SMILES string of the molecule is C/C=C/OCCC1CCOC1. The van der Waals surface area contributed by atoms with E-state index in [4.69, 9.17) is 9.47 Å². The van der Waals surface area contributed by atoms with Crippen LogP contribution in [0, 0.1) is 5.92 Å². The second-order valence-electron chi connectivity index (χ2n) is 2.86. The van der Waals surface area contributed by atoms with E-state index in [1.165, 1.54) is 6.42 Å². The maximum absolute atomic E-state index is 5.24. The van der Waals surface area contributed by atoms with Gasteiger partial charge in [0.25, 0.3) is 0 Å². The van der Waals surface area contributed by atoms with Gasteiger partial charge in [-0.05, 0) is 25.7 Å². The minimum absolute atomic E-state index is 0.736. The summed E-state index contributed by atoms with van der Waals surface area (Å²) >= 11 is 0. The summed E-state index contributed by atoms with van der Waals surface area (Å²) in [5.41, 5.74) is 0. The lowest BCUT2D eigenvalue weighted by atomic mass is 10.1. The summed E-state index contributed by atoms with van der Waals surface area (Å²) in [6.45, 7) is 4.66. The molecule has 0 amide bonds. The van der Waals surface area contributed by atoms with Gasteiger partial charge in [0.15, 0.2) is 0 Å². The third-order valence-corrected chi connectivity index (χ3v) is 1.90. The zero-order chi connectivity index (χ0) is 7.94. The second-order valence-corrected chi connectivity index (χ2v) is 2.86. The van der Waals surface area contributed by atoms with Gasteiger partial charge in [-0.3, -0.25) is 0 Å². The molecule has 0 aromatic carbocycles. The van der Waals surface area contributed by atoms with Crippen molar-refractivity contribution in [1.29, 1.82) is 0 Å². The van der Waals surface area contributed by atoms with Crippen molar-refractivity contribution in [2.24, 2.45) is 5.92 Å². The Labute approximate surface area is 68.2 Å². The molecule has 0 radical (unpaired) electrons. The lowest BCUT2D eigenvalue weighted by Gasteiger charge is -2.05. The van der Waals surface area contributed by atoms with Crippen LogP contribution < -0.4 is 0 Å². The number of hydrogen-bond donors (Lipinski definition) is 0. The zero-order valence-corrected chi connectivity index (χ0v) is 7.08. The van der Waals surface area contributed by atoms with Gasteiger partial charge in [0.05, 0.1) is 12.9 Å². The Morgan fingerprint density at radius 1 is 1.64 bits per heavy atom. The Bertz CT molecular complexity index is 115. The lowest BCUT2D eigenvalue weighted by molar-refractivity contribution is 0.171. The van der Waals surface area contributed by atoms with Crippen LogP contribution in [0.1, 0.15) is 19.8 Å². The molecule has 1 atom stereocenters. The average Bonchev–Trinajstić information content (AvgIpc) is 2.50. The minimum Gasteiger partial charge on any atom is -0.502 e. The van der Waals surface area contributed by atoms with Crippen molar-refractivity contribution in [1.82, 2.24) is 0 Å². The Hall–Kier alpha value is -0.500. The van der Waals surface area contributed by atoms with E-state index in [1.54, 1.807) is 6.26 Å². The summed E-state index contributed by atoms with van der Waals surface area (Å²) in [6.07, 6.45) is 5.99. The van der Waals surface area contributed by atoms with Crippen LogP contribution >= 0.6 is 0 Å². The van der Waals surface area contributed by atoms with Crippen molar-refractivity contribution >= 4 is 0 Å². The van der Waals surface area contributed by atoms with Crippen LogP contribution in [-0.2, 0) is 9.47 Å². The largest absolute Gasteiger partial charge is 0.502 e. The smallest absolute Gasteiger partial charge is 0.0876 e. The quantitative estimate of drug-likeness (QED) is 0.457. The van der Waals surface area contributed by atoms with Gasteiger partial charge >= 0.3 is 0 Å². The number of allylic oxidation sites excluding steroid dienone is 1. The van der Waals surface area contributed by atoms with Gasteiger partial charge in [-0.15, -0.1) is 0 Å². The van der Waals surface area contributed by atoms with E-state index >= 15 is 0 Å². The predicted octanol–water partition coefficient (Wildman–Crippen LogP) is 1.96. The van der Waals surface area contributed by atoms with Crippen molar-refractivity contribution < 1.29 is 9.47 Å². The lowest BCUT2D eigenvalue weighted by Crippen LogP contribution is -2.02. The third-order valence-electron chi connectivity index (χ3n) is 1.90. The molecular weight excluding hydrogens is 140 g/mol. The summed E-state index contributed by atoms with van der Waals surface area (Å²) < 4.78 is 10.4. The molecule has 0 aromatic rings. The van der Waals surface area contributed by atoms with Gasteiger partial charge in [-0.2, -0.15) is 0 Å². The fourth-order valence-corrected chi connectivity index (χ4v) is 1.21. The van der Waals surface area contributed by atoms with Gasteiger partial charge in [-0.25, -0.2) is 0 Å². The molecule has 0 aromatic heterocycles. The van der Waals surface area contributed by atoms with E-state index in [0.29, 0.717) is 0 Å². The molecule has 2 heteroatoms. The average molecular weight is 156 g/mol. The zero-order valence-electron chi connectivity index (χ0n) is 7.08. The van der Waals surface area contributed by atoms with E-state index in [2.05, 4.69) is 0 Å². The molecule has 1 heterocycles. The monoisotopic (exact) mass is 156 g/mol. The van der Waals surface area contributed by atoms with E-state index in [1.807, 2.05) is 13.0 Å². The second kappa shape index (κ2) is 5.19. The highest BCUT2D eigenvalue weighted by atomic mass is 16.5. The van der Waals surface area contributed by atoms with Gasteiger partial charge in [0, 0.05) is 13.2 Å². The highest BCUT2D eigenvalue weighted by molar-refractivity contribution is 4.67. The summed E-state index contributed by atoms with van der Waals surface area (Å²) in [5, 5.41) is 0. The van der Waals surface area contributed by atoms with Crippen molar-refractivity contribution in [3.63, 3.8) is 0 Å². The molecule has 1 unspecified atom stereocenters. The molecule has 1 fully saturated rings. The molecule has 0 saturated carbocycles. The van der Waals surface area contributed by atoms with Crippen LogP contribution in [0.5, 0.6) is 0 Å². The molecule has 1 aliphatic heterocycles. The molecular formula is C9H16O2. The fourth-order valence-electron chi connectivity index (χ4n) is 1.21. The molecule has 1 rings (SSSR count). The van der Waals surface area contributed by atoms with Crippen LogP contribution in [0.3, 0.4) is 0 Å². The Balaban J connectivity index is 1.93. The van der Waals surface area contributed by atoms with Gasteiger partial charge in [-0.1, -0.05) is 6.08 Å². The van der Waals surface area contributed by atoms with Gasteiger partial charge < -0.3 is 9.47 Å². The van der Waals surface area contributed by atoms with Gasteiger partial charge in [0.2, 0.25) is 0 Å². The first kappa shape index (κ1) is 8.60. The van der Waals surface area contributed by atoms with E-state index in [-0.39, 0.29) is 0 Å². The summed E-state index contributed by atoms with van der Waals surface area (Å²) in [4.78, 5) is 0. The topological polar surface area (TPSA) is 18.5 Å². The maximum Gasteiger partial charge on any atom is 0.0876 e. The number of ether oxygens (including phenoxy) is 2. The van der Waals surface area contributed by atoms with Crippen LogP contribution in [0.15, 0.2) is 12.3 Å². The first-order chi connectivity index (χ1) is 5.43. The van der Waals surface area contributed by atoms with Crippen LogP contribution in [0.25, 0.3) is 0 Å².